The number of hydrogen-bond donors (Lipinski definition) is 1. The predicted octanol–water partition coefficient (Wildman–Crippen LogP) is 3.46. The molecular weight excluding hydrogens is 392 g/mol. The molecule has 158 valence electrons. The number of carbonyl (C=O) groups excluding carboxylic acids is 2. The van der Waals surface area contributed by atoms with Crippen molar-refractivity contribution >= 4 is 29.1 Å². The third kappa shape index (κ3) is 4.32. The van der Waals surface area contributed by atoms with Crippen molar-refractivity contribution in [2.75, 3.05) is 44.4 Å². The first-order valence-electron chi connectivity index (χ1n) is 9.95. The molecule has 1 saturated heterocycles. The molecule has 0 unspecified atom stereocenters. The summed E-state index contributed by atoms with van der Waals surface area (Å²) in [5.74, 6) is 0.648. The number of urea groups is 1. The highest BCUT2D eigenvalue weighted by Gasteiger charge is 2.26. The molecule has 1 aliphatic heterocycles. The van der Waals surface area contributed by atoms with E-state index in [1.54, 1.807) is 54.4 Å². The quantitative estimate of drug-likeness (QED) is 0.689. The molecule has 3 aromatic rings. The van der Waals surface area contributed by atoms with Gasteiger partial charge >= 0.3 is 6.03 Å². The van der Waals surface area contributed by atoms with Gasteiger partial charge in [-0.1, -0.05) is 12.1 Å². The van der Waals surface area contributed by atoms with Crippen molar-refractivity contribution in [1.29, 1.82) is 0 Å². The van der Waals surface area contributed by atoms with Gasteiger partial charge in [-0.25, -0.2) is 9.78 Å². The summed E-state index contributed by atoms with van der Waals surface area (Å²) in [5.41, 5.74) is 4.09. The van der Waals surface area contributed by atoms with Crippen LogP contribution in [0.4, 0.5) is 22.0 Å². The first-order chi connectivity index (χ1) is 14.9. The van der Waals surface area contributed by atoms with Gasteiger partial charge < -0.3 is 15.1 Å². The minimum atomic E-state index is -0.0280. The van der Waals surface area contributed by atoms with Gasteiger partial charge in [0.05, 0.1) is 23.8 Å². The van der Waals surface area contributed by atoms with E-state index in [0.717, 1.165) is 22.5 Å². The number of hydrogen-bond acceptors (Lipinski definition) is 5. The molecule has 4 rings (SSSR count). The van der Waals surface area contributed by atoms with E-state index in [-0.39, 0.29) is 11.9 Å². The van der Waals surface area contributed by atoms with Crippen LogP contribution >= 0.6 is 0 Å². The Morgan fingerprint density at radius 1 is 1.00 bits per heavy atom. The lowest BCUT2D eigenvalue weighted by atomic mass is 10.1. The average molecular weight is 416 g/mol. The van der Waals surface area contributed by atoms with Gasteiger partial charge in [0.1, 0.15) is 5.82 Å². The number of likely N-dealkylation sites (N-methyl/N-ethyl adjacent to an activating group) is 1. The maximum Gasteiger partial charge on any atom is 0.324 e. The highest BCUT2D eigenvalue weighted by Crippen LogP contribution is 2.25. The summed E-state index contributed by atoms with van der Waals surface area (Å²) in [6.07, 6.45) is 5.16. The molecule has 0 saturated carbocycles. The number of benzene rings is 1. The molecule has 0 spiro atoms. The summed E-state index contributed by atoms with van der Waals surface area (Å²) >= 11 is 0. The second-order valence-corrected chi connectivity index (χ2v) is 7.62. The van der Waals surface area contributed by atoms with Crippen LogP contribution in [0.2, 0.25) is 0 Å². The fourth-order valence-corrected chi connectivity index (χ4v) is 3.38. The molecule has 31 heavy (non-hydrogen) atoms. The van der Waals surface area contributed by atoms with Crippen molar-refractivity contribution in [3.05, 3.63) is 66.6 Å². The van der Waals surface area contributed by atoms with Crippen LogP contribution in [0, 0.1) is 0 Å². The standard InChI is InChI=1S/C23H24N6O2/c1-27(2)22(30)17-6-4-16(5-7-17)18-8-9-21(25-13-18)26-19-12-20(15-24-14-19)29-11-10-28(3)23(29)31/h4-9,12-15H,10-11H2,1-3H3,(H,25,26). The summed E-state index contributed by atoms with van der Waals surface area (Å²) in [5, 5.41) is 3.23. The van der Waals surface area contributed by atoms with Crippen LogP contribution in [0.3, 0.4) is 0 Å². The second kappa shape index (κ2) is 8.43. The smallest absolute Gasteiger partial charge is 0.324 e. The molecular formula is C23H24N6O2. The van der Waals surface area contributed by atoms with Crippen LogP contribution in [0.1, 0.15) is 10.4 Å². The Morgan fingerprint density at radius 2 is 1.74 bits per heavy atom. The minimum Gasteiger partial charge on any atom is -0.345 e. The van der Waals surface area contributed by atoms with Gasteiger partial charge in [-0.05, 0) is 35.9 Å². The molecule has 1 N–H and O–H groups in total. The van der Waals surface area contributed by atoms with E-state index in [0.29, 0.717) is 24.5 Å². The first-order valence-corrected chi connectivity index (χ1v) is 9.95. The molecule has 1 aliphatic rings. The molecule has 8 heteroatoms. The summed E-state index contributed by atoms with van der Waals surface area (Å²) in [4.78, 5) is 37.9. The lowest BCUT2D eigenvalue weighted by molar-refractivity contribution is 0.0827. The van der Waals surface area contributed by atoms with Gasteiger partial charge in [-0.15, -0.1) is 0 Å². The molecule has 0 radical (unpaired) electrons. The third-order valence-electron chi connectivity index (χ3n) is 5.16. The first kappa shape index (κ1) is 20.3. The molecule has 0 bridgehead atoms. The molecule has 3 amide bonds. The van der Waals surface area contributed by atoms with Gasteiger partial charge in [0.2, 0.25) is 0 Å². The van der Waals surface area contributed by atoms with Crippen molar-refractivity contribution in [2.45, 2.75) is 0 Å². The fourth-order valence-electron chi connectivity index (χ4n) is 3.38. The number of anilines is 3. The van der Waals surface area contributed by atoms with Crippen LogP contribution in [-0.2, 0) is 0 Å². The summed E-state index contributed by atoms with van der Waals surface area (Å²) in [6.45, 7) is 1.34. The van der Waals surface area contributed by atoms with Crippen molar-refractivity contribution in [3.63, 3.8) is 0 Å². The maximum absolute atomic E-state index is 12.2. The lowest BCUT2D eigenvalue weighted by Gasteiger charge is -2.16. The number of amides is 3. The second-order valence-electron chi connectivity index (χ2n) is 7.62. The number of carbonyl (C=O) groups is 2. The van der Waals surface area contributed by atoms with E-state index in [2.05, 4.69) is 15.3 Å². The van der Waals surface area contributed by atoms with Gasteiger partial charge in [-0.2, -0.15) is 0 Å². The number of nitrogens with zero attached hydrogens (tertiary/aromatic N) is 5. The van der Waals surface area contributed by atoms with Crippen LogP contribution in [0.25, 0.3) is 11.1 Å². The summed E-state index contributed by atoms with van der Waals surface area (Å²) in [6, 6.07) is 13.2. The average Bonchev–Trinajstić information content (AvgIpc) is 3.12. The highest BCUT2D eigenvalue weighted by molar-refractivity contribution is 5.95. The van der Waals surface area contributed by atoms with Gasteiger partial charge in [0.15, 0.2) is 0 Å². The van der Waals surface area contributed by atoms with E-state index in [9.17, 15) is 9.59 Å². The normalized spacial score (nSPS) is 13.5. The van der Waals surface area contributed by atoms with Crippen LogP contribution in [-0.4, -0.2) is 65.9 Å². The van der Waals surface area contributed by atoms with Gasteiger partial charge in [-0.3, -0.25) is 14.7 Å². The lowest BCUT2D eigenvalue weighted by Crippen LogP contribution is -2.29. The predicted molar refractivity (Wildman–Crippen MR) is 121 cm³/mol. The molecule has 1 aromatic carbocycles. The Kier molecular flexibility index (Phi) is 5.53. The number of rotatable bonds is 5. The Labute approximate surface area is 181 Å². The monoisotopic (exact) mass is 416 g/mol. The van der Waals surface area contributed by atoms with E-state index < -0.39 is 0 Å². The van der Waals surface area contributed by atoms with Gasteiger partial charge in [0, 0.05) is 51.6 Å². The largest absolute Gasteiger partial charge is 0.345 e. The van der Waals surface area contributed by atoms with Gasteiger partial charge in [0.25, 0.3) is 5.91 Å². The zero-order chi connectivity index (χ0) is 22.0. The SMILES string of the molecule is CN(C)C(=O)c1ccc(-c2ccc(Nc3cncc(N4CCN(C)C4=O)c3)nc2)cc1. The molecule has 0 atom stereocenters. The molecule has 3 heterocycles. The van der Waals surface area contributed by atoms with E-state index in [1.165, 1.54) is 0 Å². The zero-order valence-electron chi connectivity index (χ0n) is 17.7. The number of aromatic nitrogens is 2. The van der Waals surface area contributed by atoms with E-state index >= 15 is 0 Å². The minimum absolute atomic E-state index is 0.0256. The Balaban J connectivity index is 1.46. The Morgan fingerprint density at radius 3 is 2.35 bits per heavy atom. The summed E-state index contributed by atoms with van der Waals surface area (Å²) in [7, 11) is 5.26. The molecule has 2 aromatic heterocycles. The topological polar surface area (TPSA) is 81.7 Å². The molecule has 0 aliphatic carbocycles. The Bertz CT molecular complexity index is 1100. The zero-order valence-corrected chi connectivity index (χ0v) is 17.7. The van der Waals surface area contributed by atoms with Crippen LogP contribution < -0.4 is 10.2 Å². The molecule has 8 nitrogen and oxygen atoms in total. The van der Waals surface area contributed by atoms with Crippen molar-refractivity contribution in [3.8, 4) is 11.1 Å². The summed E-state index contributed by atoms with van der Waals surface area (Å²) < 4.78 is 0. The fraction of sp³-hybridized carbons (Fsp3) is 0.217. The highest BCUT2D eigenvalue weighted by atomic mass is 16.2. The van der Waals surface area contributed by atoms with E-state index in [4.69, 9.17) is 0 Å². The maximum atomic E-state index is 12.2. The molecule has 1 fully saturated rings. The third-order valence-corrected chi connectivity index (χ3v) is 5.16. The van der Waals surface area contributed by atoms with Crippen molar-refractivity contribution in [1.82, 2.24) is 19.8 Å². The van der Waals surface area contributed by atoms with Crippen molar-refractivity contribution < 1.29 is 9.59 Å². The number of nitrogens with one attached hydrogen (secondary N) is 1. The Hall–Kier alpha value is -3.94. The van der Waals surface area contributed by atoms with Crippen LogP contribution in [0.15, 0.2) is 61.1 Å². The van der Waals surface area contributed by atoms with Crippen LogP contribution in [0.5, 0.6) is 0 Å². The van der Waals surface area contributed by atoms with Crippen molar-refractivity contribution in [2.24, 2.45) is 0 Å². The van der Waals surface area contributed by atoms with E-state index in [1.807, 2.05) is 42.5 Å². The number of pyridine rings is 2.